The highest BCUT2D eigenvalue weighted by Crippen LogP contribution is 2.31. The number of aryl methyl sites for hydroxylation is 1. The van der Waals surface area contributed by atoms with Crippen LogP contribution in [0.4, 0.5) is 13.2 Å². The summed E-state index contributed by atoms with van der Waals surface area (Å²) in [6.07, 6.45) is -4.48. The molecule has 0 radical (unpaired) electrons. The molecule has 0 aromatic carbocycles. The van der Waals surface area contributed by atoms with E-state index in [0.717, 1.165) is 6.07 Å². The minimum Gasteiger partial charge on any atom is -0.386 e. The van der Waals surface area contributed by atoms with Gasteiger partial charge >= 0.3 is 6.18 Å². The fourth-order valence-corrected chi connectivity index (χ4v) is 1.17. The third kappa shape index (κ3) is 2.92. The third-order valence-corrected chi connectivity index (χ3v) is 1.95. The van der Waals surface area contributed by atoms with Crippen molar-refractivity contribution in [3.05, 3.63) is 29.1 Å². The van der Waals surface area contributed by atoms with Crippen molar-refractivity contribution >= 4 is 0 Å². The molecule has 1 N–H and O–H groups in total. The van der Waals surface area contributed by atoms with Gasteiger partial charge in [-0.25, -0.2) is 4.98 Å². The zero-order valence-corrected chi connectivity index (χ0v) is 8.68. The maximum absolute atomic E-state index is 12.4. The molecule has 0 saturated heterocycles. The molecule has 0 aliphatic carbocycles. The topological polar surface area (TPSA) is 33.1 Å². The van der Waals surface area contributed by atoms with Gasteiger partial charge in [-0.1, -0.05) is 0 Å². The molecule has 0 aliphatic heterocycles. The van der Waals surface area contributed by atoms with Crippen LogP contribution < -0.4 is 0 Å². The maximum Gasteiger partial charge on any atom is 0.433 e. The first kappa shape index (κ1) is 12.0. The second-order valence-electron chi connectivity index (χ2n) is 3.94. The Labute approximate surface area is 85.8 Å². The summed E-state index contributed by atoms with van der Waals surface area (Å²) in [6.45, 7) is 4.33. The molecule has 0 bridgehead atoms. The minimum absolute atomic E-state index is 0.210. The lowest BCUT2D eigenvalue weighted by atomic mass is 9.98. The molecule has 0 fully saturated rings. The predicted octanol–water partition coefficient (Wildman–Crippen LogP) is 2.64. The molecule has 0 amide bonds. The largest absolute Gasteiger partial charge is 0.433 e. The van der Waals surface area contributed by atoms with Crippen LogP contribution in [0.1, 0.15) is 30.8 Å². The van der Waals surface area contributed by atoms with Gasteiger partial charge in [0.25, 0.3) is 0 Å². The van der Waals surface area contributed by atoms with Crippen LogP contribution in [0.2, 0.25) is 0 Å². The predicted molar refractivity (Wildman–Crippen MR) is 49.2 cm³/mol. The fraction of sp³-hybridized carbons (Fsp3) is 0.500. The summed E-state index contributed by atoms with van der Waals surface area (Å²) in [6, 6.07) is 2.31. The van der Waals surface area contributed by atoms with E-state index >= 15 is 0 Å². The van der Waals surface area contributed by atoms with E-state index in [9.17, 15) is 18.3 Å². The van der Waals surface area contributed by atoms with Gasteiger partial charge in [-0.2, -0.15) is 13.2 Å². The average Bonchev–Trinajstić information content (AvgIpc) is 1.99. The van der Waals surface area contributed by atoms with Crippen molar-refractivity contribution in [2.45, 2.75) is 32.5 Å². The number of nitrogens with zero attached hydrogens (tertiary/aromatic N) is 1. The van der Waals surface area contributed by atoms with Gasteiger partial charge in [-0.15, -0.1) is 0 Å². The Kier molecular flexibility index (Phi) is 2.78. The Morgan fingerprint density at radius 1 is 1.20 bits per heavy atom. The van der Waals surface area contributed by atoms with Crippen LogP contribution in [0.15, 0.2) is 12.1 Å². The first-order chi connectivity index (χ1) is 6.60. The van der Waals surface area contributed by atoms with Crippen LogP contribution in [0.3, 0.4) is 0 Å². The van der Waals surface area contributed by atoms with Gasteiger partial charge < -0.3 is 5.11 Å². The highest BCUT2D eigenvalue weighted by Gasteiger charge is 2.34. The lowest BCUT2D eigenvalue weighted by Crippen LogP contribution is -2.18. The Balaban J connectivity index is 3.30. The van der Waals surface area contributed by atoms with E-state index in [1.165, 1.54) is 26.8 Å². The van der Waals surface area contributed by atoms with Crippen LogP contribution in [0.5, 0.6) is 0 Å². The van der Waals surface area contributed by atoms with E-state index in [1.807, 2.05) is 0 Å². The first-order valence-electron chi connectivity index (χ1n) is 4.39. The van der Waals surface area contributed by atoms with Crippen molar-refractivity contribution in [2.24, 2.45) is 0 Å². The molecule has 0 unspecified atom stereocenters. The zero-order valence-electron chi connectivity index (χ0n) is 8.68. The molecule has 0 saturated carbocycles. The standard InChI is InChI=1S/C10H12F3NO/c1-6-4-7(9(2,3)15)5-8(14-6)10(11,12)13/h4-5,15H,1-3H3. The maximum atomic E-state index is 12.4. The van der Waals surface area contributed by atoms with Crippen molar-refractivity contribution in [3.8, 4) is 0 Å². The number of alkyl halides is 3. The van der Waals surface area contributed by atoms with Gasteiger partial charge in [-0.3, -0.25) is 0 Å². The first-order valence-corrected chi connectivity index (χ1v) is 4.39. The molecule has 84 valence electrons. The summed E-state index contributed by atoms with van der Waals surface area (Å²) >= 11 is 0. The summed E-state index contributed by atoms with van der Waals surface area (Å²) in [5, 5.41) is 9.61. The summed E-state index contributed by atoms with van der Waals surface area (Å²) in [5.41, 5.74) is -1.82. The molecule has 1 aromatic rings. The number of halogens is 3. The summed E-state index contributed by atoms with van der Waals surface area (Å²) in [4.78, 5) is 3.38. The number of hydrogen-bond acceptors (Lipinski definition) is 2. The molecule has 2 nitrogen and oxygen atoms in total. The van der Waals surface area contributed by atoms with Gasteiger partial charge in [0, 0.05) is 5.69 Å². The van der Waals surface area contributed by atoms with Gasteiger partial charge in [-0.05, 0) is 38.5 Å². The Hall–Kier alpha value is -1.10. The van der Waals surface area contributed by atoms with E-state index in [4.69, 9.17) is 0 Å². The molecular formula is C10H12F3NO. The Morgan fingerprint density at radius 2 is 1.73 bits per heavy atom. The summed E-state index contributed by atoms with van der Waals surface area (Å²) < 4.78 is 37.2. The monoisotopic (exact) mass is 219 g/mol. The zero-order chi connectivity index (χ0) is 11.9. The molecular weight excluding hydrogens is 207 g/mol. The van der Waals surface area contributed by atoms with E-state index < -0.39 is 17.5 Å². The smallest absolute Gasteiger partial charge is 0.386 e. The molecule has 1 aromatic heterocycles. The van der Waals surface area contributed by atoms with Crippen LogP contribution in [-0.4, -0.2) is 10.1 Å². The van der Waals surface area contributed by atoms with E-state index in [1.54, 1.807) is 0 Å². The van der Waals surface area contributed by atoms with E-state index in [0.29, 0.717) is 0 Å². The summed E-state index contributed by atoms with van der Waals surface area (Å²) in [5.74, 6) is 0. The Bertz CT molecular complexity index is 334. The highest BCUT2D eigenvalue weighted by molar-refractivity contribution is 5.26. The van der Waals surface area contributed by atoms with E-state index in [2.05, 4.69) is 4.98 Å². The number of pyridine rings is 1. The fourth-order valence-electron chi connectivity index (χ4n) is 1.17. The van der Waals surface area contributed by atoms with Crippen molar-refractivity contribution in [2.75, 3.05) is 0 Å². The van der Waals surface area contributed by atoms with Crippen LogP contribution >= 0.6 is 0 Å². The quantitative estimate of drug-likeness (QED) is 0.787. The molecule has 1 rings (SSSR count). The van der Waals surface area contributed by atoms with Gasteiger partial charge in [0.1, 0.15) is 5.69 Å². The summed E-state index contributed by atoms with van der Waals surface area (Å²) in [7, 11) is 0. The number of hydrogen-bond donors (Lipinski definition) is 1. The van der Waals surface area contributed by atoms with Crippen LogP contribution in [0, 0.1) is 6.92 Å². The number of rotatable bonds is 1. The van der Waals surface area contributed by atoms with Crippen molar-refractivity contribution in [1.29, 1.82) is 0 Å². The SMILES string of the molecule is Cc1cc(C(C)(C)O)cc(C(F)(F)F)n1. The van der Waals surface area contributed by atoms with Gasteiger partial charge in [0.15, 0.2) is 0 Å². The molecule has 0 aliphatic rings. The van der Waals surface area contributed by atoms with E-state index in [-0.39, 0.29) is 11.3 Å². The normalized spacial score (nSPS) is 13.0. The molecule has 0 atom stereocenters. The van der Waals surface area contributed by atoms with Gasteiger partial charge in [0.05, 0.1) is 5.60 Å². The number of aromatic nitrogens is 1. The Morgan fingerprint density at radius 3 is 2.13 bits per heavy atom. The highest BCUT2D eigenvalue weighted by atomic mass is 19.4. The number of aliphatic hydroxyl groups is 1. The van der Waals surface area contributed by atoms with Crippen LogP contribution in [-0.2, 0) is 11.8 Å². The second-order valence-corrected chi connectivity index (χ2v) is 3.94. The lowest BCUT2D eigenvalue weighted by Gasteiger charge is -2.19. The molecule has 5 heteroatoms. The third-order valence-electron chi connectivity index (χ3n) is 1.95. The van der Waals surface area contributed by atoms with Gasteiger partial charge in [0.2, 0.25) is 0 Å². The lowest BCUT2D eigenvalue weighted by molar-refractivity contribution is -0.141. The van der Waals surface area contributed by atoms with Crippen molar-refractivity contribution in [1.82, 2.24) is 4.98 Å². The van der Waals surface area contributed by atoms with Crippen LogP contribution in [0.25, 0.3) is 0 Å². The van der Waals surface area contributed by atoms with Crippen molar-refractivity contribution < 1.29 is 18.3 Å². The minimum atomic E-state index is -4.48. The van der Waals surface area contributed by atoms with Crippen molar-refractivity contribution in [3.63, 3.8) is 0 Å². The second kappa shape index (κ2) is 3.48. The molecule has 1 heterocycles. The molecule has 0 spiro atoms. The average molecular weight is 219 g/mol. The molecule has 15 heavy (non-hydrogen) atoms.